The van der Waals surface area contributed by atoms with Gasteiger partial charge in [0.05, 0.1) is 11.3 Å². The number of benzene rings is 1. The second-order valence-corrected chi connectivity index (χ2v) is 5.74. The summed E-state index contributed by atoms with van der Waals surface area (Å²) in [4.78, 5) is 15.4. The molecule has 0 saturated carbocycles. The van der Waals surface area contributed by atoms with Crippen molar-refractivity contribution >= 4 is 17.3 Å². The normalized spacial score (nSPS) is 12.6. The molecule has 0 radical (unpaired) electrons. The number of hydrogen-bond donors (Lipinski definition) is 1. The van der Waals surface area contributed by atoms with Crippen molar-refractivity contribution in [3.8, 4) is 11.3 Å². The molecule has 2 rings (SSSR count). The maximum absolute atomic E-state index is 10.8. The third-order valence-electron chi connectivity index (χ3n) is 3.05. The van der Waals surface area contributed by atoms with Gasteiger partial charge >= 0.3 is 5.97 Å². The first kappa shape index (κ1) is 14.7. The van der Waals surface area contributed by atoms with E-state index in [0.717, 1.165) is 16.3 Å². The summed E-state index contributed by atoms with van der Waals surface area (Å²) in [5, 5.41) is 11.8. The molecule has 0 saturated heterocycles. The van der Waals surface area contributed by atoms with Gasteiger partial charge in [0.15, 0.2) is 0 Å². The molecule has 0 fully saturated rings. The number of nitrogens with zero attached hydrogens (tertiary/aromatic N) is 1. The number of hydrogen-bond acceptors (Lipinski definition) is 4. The highest BCUT2D eigenvalue weighted by Crippen LogP contribution is 2.31. The minimum Gasteiger partial charge on any atom is -0.478 e. The molecule has 20 heavy (non-hydrogen) atoms. The van der Waals surface area contributed by atoms with Crippen LogP contribution in [-0.2, 0) is 4.74 Å². The molecule has 0 aliphatic rings. The Labute approximate surface area is 122 Å². The number of methoxy groups -OCH3 is 1. The second kappa shape index (κ2) is 6.15. The van der Waals surface area contributed by atoms with Crippen LogP contribution in [0.2, 0.25) is 0 Å². The largest absolute Gasteiger partial charge is 0.478 e. The number of carbonyl (C=O) groups is 1. The van der Waals surface area contributed by atoms with Gasteiger partial charge in [-0.2, -0.15) is 0 Å². The zero-order valence-electron chi connectivity index (χ0n) is 11.7. The van der Waals surface area contributed by atoms with Crippen LogP contribution in [-0.4, -0.2) is 23.2 Å². The van der Waals surface area contributed by atoms with E-state index in [1.54, 1.807) is 42.7 Å². The average molecular weight is 291 g/mol. The number of aromatic nitrogens is 1. The number of rotatable bonds is 5. The molecule has 1 N–H and O–H groups in total. The smallest absolute Gasteiger partial charge is 0.335 e. The van der Waals surface area contributed by atoms with Crippen LogP contribution in [0.5, 0.6) is 0 Å². The fourth-order valence-electron chi connectivity index (χ4n) is 1.99. The summed E-state index contributed by atoms with van der Waals surface area (Å²) >= 11 is 1.56. The highest BCUT2D eigenvalue weighted by Gasteiger charge is 2.19. The number of aromatic carboxylic acids is 1. The molecule has 0 bridgehead atoms. The topological polar surface area (TPSA) is 59.4 Å². The van der Waals surface area contributed by atoms with Gasteiger partial charge in [-0.3, -0.25) is 0 Å². The number of thiazole rings is 1. The van der Waals surface area contributed by atoms with Gasteiger partial charge in [0.2, 0.25) is 0 Å². The van der Waals surface area contributed by atoms with Gasteiger partial charge in [-0.15, -0.1) is 11.3 Å². The SMILES string of the molecule is COC(c1nc(-c2ccc(C(=O)O)cc2)cs1)C(C)C. The summed E-state index contributed by atoms with van der Waals surface area (Å²) in [6.45, 7) is 4.19. The van der Waals surface area contributed by atoms with Gasteiger partial charge in [0.1, 0.15) is 11.1 Å². The summed E-state index contributed by atoms with van der Waals surface area (Å²) in [6.07, 6.45) is -0.00737. The van der Waals surface area contributed by atoms with Crippen LogP contribution in [0.25, 0.3) is 11.3 Å². The average Bonchev–Trinajstić information content (AvgIpc) is 2.88. The predicted molar refractivity (Wildman–Crippen MR) is 79.1 cm³/mol. The van der Waals surface area contributed by atoms with Crippen molar-refractivity contribution in [3.63, 3.8) is 0 Å². The fourth-order valence-corrected chi connectivity index (χ4v) is 3.07. The van der Waals surface area contributed by atoms with E-state index in [2.05, 4.69) is 18.8 Å². The van der Waals surface area contributed by atoms with Crippen molar-refractivity contribution in [2.75, 3.05) is 7.11 Å². The van der Waals surface area contributed by atoms with Gasteiger partial charge in [-0.1, -0.05) is 26.0 Å². The molecule has 1 aromatic heterocycles. The summed E-state index contributed by atoms with van der Waals surface area (Å²) < 4.78 is 5.47. The van der Waals surface area contributed by atoms with Crippen molar-refractivity contribution < 1.29 is 14.6 Å². The van der Waals surface area contributed by atoms with Crippen molar-refractivity contribution in [2.24, 2.45) is 5.92 Å². The van der Waals surface area contributed by atoms with E-state index in [1.165, 1.54) is 0 Å². The van der Waals surface area contributed by atoms with E-state index in [9.17, 15) is 4.79 Å². The van der Waals surface area contributed by atoms with Gasteiger partial charge in [0, 0.05) is 18.1 Å². The lowest BCUT2D eigenvalue weighted by Gasteiger charge is -2.15. The van der Waals surface area contributed by atoms with Crippen LogP contribution in [0.3, 0.4) is 0 Å². The zero-order valence-corrected chi connectivity index (χ0v) is 12.5. The zero-order chi connectivity index (χ0) is 14.7. The Bertz CT molecular complexity index is 589. The summed E-state index contributed by atoms with van der Waals surface area (Å²) in [5.74, 6) is -0.567. The van der Waals surface area contributed by atoms with Gasteiger partial charge in [-0.25, -0.2) is 9.78 Å². The van der Waals surface area contributed by atoms with Crippen LogP contribution in [0, 0.1) is 5.92 Å². The Balaban J connectivity index is 2.26. The van der Waals surface area contributed by atoms with Gasteiger partial charge < -0.3 is 9.84 Å². The third kappa shape index (κ3) is 3.05. The van der Waals surface area contributed by atoms with E-state index in [-0.39, 0.29) is 11.7 Å². The van der Waals surface area contributed by atoms with Crippen LogP contribution >= 0.6 is 11.3 Å². The molecule has 1 heterocycles. The minimum absolute atomic E-state index is 0.00737. The number of carboxylic acid groups (broad SMARTS) is 1. The lowest BCUT2D eigenvalue weighted by atomic mass is 10.1. The molecule has 1 unspecified atom stereocenters. The highest BCUT2D eigenvalue weighted by molar-refractivity contribution is 7.10. The molecule has 0 spiro atoms. The van der Waals surface area contributed by atoms with Crippen LogP contribution in [0.1, 0.15) is 35.3 Å². The Hall–Kier alpha value is -1.72. The molecule has 1 atom stereocenters. The number of carboxylic acids is 1. The van der Waals surface area contributed by atoms with E-state index >= 15 is 0 Å². The second-order valence-electron chi connectivity index (χ2n) is 4.85. The number of ether oxygens (including phenoxy) is 1. The van der Waals surface area contributed by atoms with Crippen LogP contribution in [0.4, 0.5) is 0 Å². The first-order valence-electron chi connectivity index (χ1n) is 6.35. The Morgan fingerprint density at radius 3 is 2.45 bits per heavy atom. The Morgan fingerprint density at radius 2 is 1.95 bits per heavy atom. The van der Waals surface area contributed by atoms with Crippen LogP contribution in [0.15, 0.2) is 29.6 Å². The standard InChI is InChI=1S/C15H17NO3S/c1-9(2)13(19-3)14-16-12(8-20-14)10-4-6-11(7-5-10)15(17)18/h4-9,13H,1-3H3,(H,17,18). The van der Waals surface area contributed by atoms with Crippen molar-refractivity contribution in [2.45, 2.75) is 20.0 Å². The molecule has 106 valence electrons. The molecule has 0 amide bonds. The molecule has 0 aliphatic heterocycles. The molecule has 2 aromatic rings. The van der Waals surface area contributed by atoms with E-state index < -0.39 is 5.97 Å². The minimum atomic E-state index is -0.922. The molecule has 0 aliphatic carbocycles. The summed E-state index contributed by atoms with van der Waals surface area (Å²) in [5.41, 5.74) is 2.04. The molecular weight excluding hydrogens is 274 g/mol. The third-order valence-corrected chi connectivity index (χ3v) is 3.96. The van der Waals surface area contributed by atoms with Crippen molar-refractivity contribution in [3.05, 3.63) is 40.2 Å². The van der Waals surface area contributed by atoms with Gasteiger partial charge in [-0.05, 0) is 18.1 Å². The lowest BCUT2D eigenvalue weighted by molar-refractivity contribution is 0.0645. The molecule has 1 aromatic carbocycles. The quantitative estimate of drug-likeness (QED) is 0.909. The van der Waals surface area contributed by atoms with Crippen molar-refractivity contribution in [1.29, 1.82) is 0 Å². The lowest BCUT2D eigenvalue weighted by Crippen LogP contribution is -2.08. The monoisotopic (exact) mass is 291 g/mol. The molecular formula is C15H17NO3S. The van der Waals surface area contributed by atoms with Crippen molar-refractivity contribution in [1.82, 2.24) is 4.98 Å². The summed E-state index contributed by atoms with van der Waals surface area (Å²) in [7, 11) is 1.69. The van der Waals surface area contributed by atoms with E-state index in [4.69, 9.17) is 9.84 Å². The fraction of sp³-hybridized carbons (Fsp3) is 0.333. The summed E-state index contributed by atoms with van der Waals surface area (Å²) in [6, 6.07) is 6.73. The predicted octanol–water partition coefficient (Wildman–Crippen LogP) is 3.85. The Morgan fingerprint density at radius 1 is 1.30 bits per heavy atom. The molecule has 5 heteroatoms. The maximum Gasteiger partial charge on any atom is 0.335 e. The Kier molecular flexibility index (Phi) is 4.52. The van der Waals surface area contributed by atoms with E-state index in [0.29, 0.717) is 5.92 Å². The molecule has 4 nitrogen and oxygen atoms in total. The van der Waals surface area contributed by atoms with Gasteiger partial charge in [0.25, 0.3) is 0 Å². The first-order valence-corrected chi connectivity index (χ1v) is 7.23. The van der Waals surface area contributed by atoms with E-state index in [1.807, 2.05) is 5.38 Å². The van der Waals surface area contributed by atoms with Crippen LogP contribution < -0.4 is 0 Å². The first-order chi connectivity index (χ1) is 9.52. The maximum atomic E-state index is 10.8. The highest BCUT2D eigenvalue weighted by atomic mass is 32.1.